The van der Waals surface area contributed by atoms with Gasteiger partial charge in [-0.15, -0.1) is 0 Å². The van der Waals surface area contributed by atoms with E-state index in [9.17, 15) is 0 Å². The van der Waals surface area contributed by atoms with Crippen LogP contribution in [0, 0.1) is 0 Å². The van der Waals surface area contributed by atoms with Crippen molar-refractivity contribution in [3.8, 4) is 0 Å². The summed E-state index contributed by atoms with van der Waals surface area (Å²) in [6.45, 7) is 1.09. The van der Waals surface area contributed by atoms with Crippen LogP contribution in [0.1, 0.15) is 30.9 Å². The highest BCUT2D eigenvalue weighted by molar-refractivity contribution is 5.82. The third-order valence-electron chi connectivity index (χ3n) is 3.58. The minimum absolute atomic E-state index is 0.407. The maximum atomic E-state index is 4.43. The Bertz CT molecular complexity index is 505. The molecule has 0 aliphatic rings. The van der Waals surface area contributed by atoms with E-state index in [1.54, 1.807) is 0 Å². The first-order valence-corrected chi connectivity index (χ1v) is 7.02. The third-order valence-corrected chi connectivity index (χ3v) is 3.58. The molecule has 2 aromatic rings. The normalized spacial score (nSPS) is 12.7. The van der Waals surface area contributed by atoms with E-state index in [4.69, 9.17) is 0 Å². The summed E-state index contributed by atoms with van der Waals surface area (Å²) >= 11 is 0. The lowest BCUT2D eigenvalue weighted by Crippen LogP contribution is -2.17. The number of para-hydroxylation sites is 1. The predicted molar refractivity (Wildman–Crippen MR) is 81.3 cm³/mol. The van der Waals surface area contributed by atoms with Crippen LogP contribution in [-0.2, 0) is 0 Å². The summed E-state index contributed by atoms with van der Waals surface area (Å²) in [6.07, 6.45) is 5.52. The largest absolute Gasteiger partial charge is 0.320 e. The molecule has 3 nitrogen and oxygen atoms in total. The molecule has 19 heavy (non-hydrogen) atoms. The molecule has 3 heteroatoms. The fraction of sp³-hybridized carbons (Fsp3) is 0.438. The number of nitrogens with one attached hydrogen (secondary N) is 2. The van der Waals surface area contributed by atoms with Crippen molar-refractivity contribution >= 4 is 10.9 Å². The molecule has 0 aliphatic carbocycles. The number of fused-ring (bicyclic) bond motifs is 1. The molecule has 0 radical (unpaired) electrons. The van der Waals surface area contributed by atoms with E-state index >= 15 is 0 Å². The number of pyridine rings is 1. The van der Waals surface area contributed by atoms with Gasteiger partial charge in [-0.25, -0.2) is 0 Å². The van der Waals surface area contributed by atoms with Gasteiger partial charge in [0.2, 0.25) is 0 Å². The van der Waals surface area contributed by atoms with Crippen LogP contribution in [0.3, 0.4) is 0 Å². The fourth-order valence-corrected chi connectivity index (χ4v) is 2.53. The molecule has 0 aliphatic heterocycles. The van der Waals surface area contributed by atoms with Crippen LogP contribution in [-0.4, -0.2) is 25.6 Å². The first-order chi connectivity index (χ1) is 9.36. The molecule has 0 amide bonds. The summed E-state index contributed by atoms with van der Waals surface area (Å²) in [5.41, 5.74) is 2.44. The zero-order chi connectivity index (χ0) is 13.5. The minimum atomic E-state index is 0.407. The molecule has 0 spiro atoms. The second kappa shape index (κ2) is 7.22. The van der Waals surface area contributed by atoms with Crippen LogP contribution in [0.2, 0.25) is 0 Å². The molecule has 0 bridgehead atoms. The zero-order valence-corrected chi connectivity index (χ0v) is 11.8. The van der Waals surface area contributed by atoms with E-state index in [1.165, 1.54) is 23.8 Å². The van der Waals surface area contributed by atoms with Crippen LogP contribution in [0.25, 0.3) is 10.9 Å². The first kappa shape index (κ1) is 14.0. The van der Waals surface area contributed by atoms with Crippen molar-refractivity contribution in [2.75, 3.05) is 20.6 Å². The molecule has 1 heterocycles. The number of aromatic nitrogens is 1. The van der Waals surface area contributed by atoms with Gasteiger partial charge in [-0.2, -0.15) is 0 Å². The number of benzene rings is 1. The second-order valence-electron chi connectivity index (χ2n) is 4.86. The van der Waals surface area contributed by atoms with Crippen molar-refractivity contribution in [2.45, 2.75) is 25.3 Å². The molecular formula is C16H23N3. The first-order valence-electron chi connectivity index (χ1n) is 7.02. The Hall–Kier alpha value is -1.45. The SMILES string of the molecule is CNCCCCC(NC)c1ccnc2ccccc12. The van der Waals surface area contributed by atoms with Crippen LogP contribution < -0.4 is 10.6 Å². The number of hydrogen-bond donors (Lipinski definition) is 2. The number of unbranched alkanes of at least 4 members (excludes halogenated alkanes) is 1. The smallest absolute Gasteiger partial charge is 0.0705 e. The number of nitrogens with zero attached hydrogens (tertiary/aromatic N) is 1. The Morgan fingerprint density at radius 1 is 1.11 bits per heavy atom. The van der Waals surface area contributed by atoms with Crippen LogP contribution in [0.5, 0.6) is 0 Å². The van der Waals surface area contributed by atoms with E-state index in [0.29, 0.717) is 6.04 Å². The van der Waals surface area contributed by atoms with Gasteiger partial charge in [0, 0.05) is 17.6 Å². The topological polar surface area (TPSA) is 37.0 Å². The van der Waals surface area contributed by atoms with Crippen LogP contribution in [0.15, 0.2) is 36.5 Å². The summed E-state index contributed by atoms with van der Waals surface area (Å²) < 4.78 is 0. The van der Waals surface area contributed by atoms with E-state index in [-0.39, 0.29) is 0 Å². The van der Waals surface area contributed by atoms with Gasteiger partial charge in [-0.3, -0.25) is 4.98 Å². The van der Waals surface area contributed by atoms with E-state index in [0.717, 1.165) is 18.5 Å². The summed E-state index contributed by atoms with van der Waals surface area (Å²) in [4.78, 5) is 4.43. The molecule has 1 atom stereocenters. The average molecular weight is 257 g/mol. The van der Waals surface area contributed by atoms with Crippen molar-refractivity contribution in [2.24, 2.45) is 0 Å². The number of hydrogen-bond acceptors (Lipinski definition) is 3. The third kappa shape index (κ3) is 3.52. The Kier molecular flexibility index (Phi) is 5.31. The van der Waals surface area contributed by atoms with E-state index in [1.807, 2.05) is 26.4 Å². The second-order valence-corrected chi connectivity index (χ2v) is 4.86. The zero-order valence-electron chi connectivity index (χ0n) is 11.8. The van der Waals surface area contributed by atoms with Gasteiger partial charge in [0.1, 0.15) is 0 Å². The molecule has 2 rings (SSSR count). The lowest BCUT2D eigenvalue weighted by atomic mass is 9.98. The predicted octanol–water partition coefficient (Wildman–Crippen LogP) is 2.89. The van der Waals surface area contributed by atoms with Crippen molar-refractivity contribution in [1.82, 2.24) is 15.6 Å². The lowest BCUT2D eigenvalue weighted by Gasteiger charge is -2.18. The molecule has 1 aromatic carbocycles. The highest BCUT2D eigenvalue weighted by Gasteiger charge is 2.12. The standard InChI is InChI=1S/C16H23N3/c1-17-11-6-5-8-15(18-2)14-10-12-19-16-9-4-3-7-13(14)16/h3-4,7,9-10,12,15,17-18H,5-6,8,11H2,1-2H3. The molecule has 1 unspecified atom stereocenters. The highest BCUT2D eigenvalue weighted by atomic mass is 14.9. The van der Waals surface area contributed by atoms with E-state index < -0.39 is 0 Å². The molecule has 0 saturated carbocycles. The van der Waals surface area contributed by atoms with Gasteiger partial charge < -0.3 is 10.6 Å². The quantitative estimate of drug-likeness (QED) is 0.749. The fourth-order valence-electron chi connectivity index (χ4n) is 2.53. The molecule has 2 N–H and O–H groups in total. The highest BCUT2D eigenvalue weighted by Crippen LogP contribution is 2.25. The van der Waals surface area contributed by atoms with E-state index in [2.05, 4.69) is 39.9 Å². The van der Waals surface area contributed by atoms with Gasteiger partial charge in [-0.05, 0) is 51.2 Å². The van der Waals surface area contributed by atoms with Crippen molar-refractivity contribution in [3.05, 3.63) is 42.1 Å². The van der Waals surface area contributed by atoms with Gasteiger partial charge in [-0.1, -0.05) is 24.6 Å². The Morgan fingerprint density at radius 3 is 2.74 bits per heavy atom. The van der Waals surface area contributed by atoms with Gasteiger partial charge in [0.05, 0.1) is 5.52 Å². The molecule has 102 valence electrons. The Balaban J connectivity index is 2.16. The summed E-state index contributed by atoms with van der Waals surface area (Å²) in [7, 11) is 4.05. The summed E-state index contributed by atoms with van der Waals surface area (Å²) in [6, 6.07) is 10.9. The molecule has 1 aromatic heterocycles. The molecule has 0 saturated heterocycles. The van der Waals surface area contributed by atoms with Crippen LogP contribution >= 0.6 is 0 Å². The summed E-state index contributed by atoms with van der Waals surface area (Å²) in [5, 5.41) is 7.90. The van der Waals surface area contributed by atoms with Crippen molar-refractivity contribution < 1.29 is 0 Å². The monoisotopic (exact) mass is 257 g/mol. The van der Waals surface area contributed by atoms with Gasteiger partial charge >= 0.3 is 0 Å². The number of rotatable bonds is 7. The van der Waals surface area contributed by atoms with Gasteiger partial charge in [0.25, 0.3) is 0 Å². The Labute approximate surface area is 115 Å². The lowest BCUT2D eigenvalue weighted by molar-refractivity contribution is 0.512. The van der Waals surface area contributed by atoms with Gasteiger partial charge in [0.15, 0.2) is 0 Å². The summed E-state index contributed by atoms with van der Waals surface area (Å²) in [5.74, 6) is 0. The Morgan fingerprint density at radius 2 is 1.95 bits per heavy atom. The molecule has 0 fully saturated rings. The van der Waals surface area contributed by atoms with Crippen LogP contribution in [0.4, 0.5) is 0 Å². The maximum Gasteiger partial charge on any atom is 0.0705 e. The van der Waals surface area contributed by atoms with Crippen molar-refractivity contribution in [3.63, 3.8) is 0 Å². The molecular weight excluding hydrogens is 234 g/mol. The van der Waals surface area contributed by atoms with Crippen molar-refractivity contribution in [1.29, 1.82) is 0 Å². The maximum absolute atomic E-state index is 4.43. The average Bonchev–Trinajstić information content (AvgIpc) is 2.47. The minimum Gasteiger partial charge on any atom is -0.320 e.